The Morgan fingerprint density at radius 3 is 1.76 bits per heavy atom. The molecule has 11 heteroatoms. The van der Waals surface area contributed by atoms with Gasteiger partial charge in [-0.25, -0.2) is 9.59 Å². The number of ether oxygens (including phenoxy) is 5. The number of carbonyl (C=O) groups is 4. The Hall–Kier alpha value is -3.34. The molecular formula is C27H41NO10. The Kier molecular flexibility index (Phi) is 13.0. The van der Waals surface area contributed by atoms with Crippen molar-refractivity contribution in [3.05, 3.63) is 23.8 Å². The molecule has 0 bridgehead atoms. The summed E-state index contributed by atoms with van der Waals surface area (Å²) in [6.07, 6.45) is -3.37. The van der Waals surface area contributed by atoms with Gasteiger partial charge in [-0.15, -0.1) is 0 Å². The Morgan fingerprint density at radius 1 is 0.816 bits per heavy atom. The van der Waals surface area contributed by atoms with E-state index in [0.29, 0.717) is 5.56 Å². The van der Waals surface area contributed by atoms with Crippen molar-refractivity contribution < 1.29 is 48.0 Å². The second-order valence-electron chi connectivity index (χ2n) is 9.90. The van der Waals surface area contributed by atoms with Crippen molar-refractivity contribution in [3.8, 4) is 11.5 Å². The fourth-order valence-corrected chi connectivity index (χ4v) is 3.10. The molecule has 214 valence electrons. The third-order valence-corrected chi connectivity index (χ3v) is 6.15. The first-order chi connectivity index (χ1) is 17.7. The summed E-state index contributed by atoms with van der Waals surface area (Å²) in [6.45, 7) is 14.2. The normalized spacial score (nSPS) is 15.1. The van der Waals surface area contributed by atoms with Crippen LogP contribution >= 0.6 is 0 Å². The lowest BCUT2D eigenvalue weighted by Crippen LogP contribution is -2.38. The predicted molar refractivity (Wildman–Crippen MR) is 138 cm³/mol. The van der Waals surface area contributed by atoms with Crippen LogP contribution in [0.3, 0.4) is 0 Å². The zero-order valence-electron chi connectivity index (χ0n) is 23.4. The van der Waals surface area contributed by atoms with Crippen LogP contribution in [0.4, 0.5) is 9.59 Å². The first kappa shape index (κ1) is 32.7. The average molecular weight is 540 g/mol. The highest BCUT2D eigenvalue weighted by Crippen LogP contribution is 2.35. The molecule has 1 aromatic rings. The summed E-state index contributed by atoms with van der Waals surface area (Å²) in [4.78, 5) is 48.3. The minimum absolute atomic E-state index is 0.0161. The predicted octanol–water partition coefficient (Wildman–Crippen LogP) is 5.03. The summed E-state index contributed by atoms with van der Waals surface area (Å²) < 4.78 is 26.5. The number of benzene rings is 1. The van der Waals surface area contributed by atoms with E-state index in [4.69, 9.17) is 29.4 Å². The van der Waals surface area contributed by atoms with Crippen molar-refractivity contribution in [3.63, 3.8) is 0 Å². The molecule has 0 heterocycles. The van der Waals surface area contributed by atoms with Gasteiger partial charge in [0.05, 0.1) is 6.10 Å². The molecule has 4 unspecified atom stereocenters. The molecule has 11 nitrogen and oxygen atoms in total. The molecule has 0 aliphatic carbocycles. The van der Waals surface area contributed by atoms with Gasteiger partial charge in [0.1, 0.15) is 18.2 Å². The second-order valence-corrected chi connectivity index (χ2v) is 9.90. The number of carbonyl (C=O) groups excluding carboxylic acids is 3. The molecule has 0 amide bonds. The van der Waals surface area contributed by atoms with E-state index in [0.717, 1.165) is 0 Å². The lowest BCUT2D eigenvalue weighted by molar-refractivity contribution is -0.148. The third kappa shape index (κ3) is 10.6. The van der Waals surface area contributed by atoms with Crippen LogP contribution in [-0.4, -0.2) is 53.7 Å². The average Bonchev–Trinajstić information content (AvgIpc) is 2.82. The number of aliphatic carboxylic acids is 1. The van der Waals surface area contributed by atoms with E-state index < -0.39 is 54.5 Å². The second kappa shape index (κ2) is 15.2. The van der Waals surface area contributed by atoms with Gasteiger partial charge in [0.25, 0.3) is 0 Å². The number of nitrogens with two attached hydrogens (primary N) is 1. The van der Waals surface area contributed by atoms with Gasteiger partial charge in [-0.2, -0.15) is 0 Å². The summed E-state index contributed by atoms with van der Waals surface area (Å²) >= 11 is 0. The maximum absolute atomic E-state index is 12.5. The van der Waals surface area contributed by atoms with Crippen molar-refractivity contribution in [2.75, 3.05) is 0 Å². The van der Waals surface area contributed by atoms with E-state index in [1.807, 2.05) is 27.7 Å². The molecule has 0 saturated heterocycles. The number of hydrogen-bond acceptors (Lipinski definition) is 10. The highest BCUT2D eigenvalue weighted by molar-refractivity contribution is 5.75. The van der Waals surface area contributed by atoms with Crippen LogP contribution in [-0.2, 0) is 23.8 Å². The van der Waals surface area contributed by atoms with Crippen LogP contribution in [0.2, 0.25) is 0 Å². The molecule has 0 saturated carbocycles. The van der Waals surface area contributed by atoms with E-state index in [-0.39, 0.29) is 36.2 Å². The smallest absolute Gasteiger partial charge is 0.480 e. The van der Waals surface area contributed by atoms with Gasteiger partial charge in [-0.1, -0.05) is 40.7 Å². The molecular weight excluding hydrogens is 498 g/mol. The minimum Gasteiger partial charge on any atom is -0.480 e. The molecule has 0 aliphatic rings. The van der Waals surface area contributed by atoms with E-state index >= 15 is 0 Å². The molecule has 0 radical (unpaired) electrons. The van der Waals surface area contributed by atoms with Crippen LogP contribution in [0.5, 0.6) is 11.5 Å². The summed E-state index contributed by atoms with van der Waals surface area (Å²) in [6, 6.07) is 2.81. The lowest BCUT2D eigenvalue weighted by Gasteiger charge is -2.25. The molecule has 1 aromatic carbocycles. The van der Waals surface area contributed by atoms with Crippen molar-refractivity contribution in [2.24, 2.45) is 17.6 Å². The molecule has 3 N–H and O–H groups in total. The highest BCUT2D eigenvalue weighted by atomic mass is 16.7. The Morgan fingerprint density at radius 2 is 1.32 bits per heavy atom. The number of esters is 1. The number of rotatable bonds is 13. The fraction of sp³-hybridized carbons (Fsp3) is 0.630. The third-order valence-electron chi connectivity index (χ3n) is 6.15. The van der Waals surface area contributed by atoms with Crippen LogP contribution in [0.25, 0.3) is 0 Å². The van der Waals surface area contributed by atoms with Gasteiger partial charge in [0, 0.05) is 12.3 Å². The summed E-state index contributed by atoms with van der Waals surface area (Å²) in [5.74, 6) is -2.85. The van der Waals surface area contributed by atoms with E-state index in [1.54, 1.807) is 27.7 Å². The van der Waals surface area contributed by atoms with Crippen LogP contribution < -0.4 is 15.2 Å². The lowest BCUT2D eigenvalue weighted by atomic mass is 9.87. The van der Waals surface area contributed by atoms with Gasteiger partial charge in [-0.3, -0.25) is 9.59 Å². The van der Waals surface area contributed by atoms with Crippen LogP contribution in [0.1, 0.15) is 79.7 Å². The van der Waals surface area contributed by atoms with E-state index in [1.165, 1.54) is 18.2 Å². The fourth-order valence-electron chi connectivity index (χ4n) is 3.10. The standard InChI is InChI=1S/C27H41NO10/c1-9-23(29)34-16(6)12-20(24(28)25(30)31)19-10-11-21(37-26(32)35-17(7)14(2)3)22(13-19)38-27(33)36-18(8)15(4)5/h10-11,13-18,20,24H,9,12,28H2,1-8H3,(H,30,31)/t16?,17?,18?,20?,24-/m0/s1. The molecule has 5 atom stereocenters. The number of hydrogen-bond donors (Lipinski definition) is 2. The molecule has 0 fully saturated rings. The summed E-state index contributed by atoms with van der Waals surface area (Å²) in [5.41, 5.74) is 6.34. The van der Waals surface area contributed by atoms with Crippen molar-refractivity contribution in [2.45, 2.75) is 98.5 Å². The van der Waals surface area contributed by atoms with Crippen molar-refractivity contribution >= 4 is 24.2 Å². The summed E-state index contributed by atoms with van der Waals surface area (Å²) in [7, 11) is 0. The largest absolute Gasteiger partial charge is 0.514 e. The molecule has 0 aliphatic heterocycles. The summed E-state index contributed by atoms with van der Waals surface area (Å²) in [5, 5.41) is 9.60. The van der Waals surface area contributed by atoms with Crippen LogP contribution in [0.15, 0.2) is 18.2 Å². The molecule has 1 rings (SSSR count). The molecule has 38 heavy (non-hydrogen) atoms. The van der Waals surface area contributed by atoms with E-state index in [9.17, 15) is 24.3 Å². The van der Waals surface area contributed by atoms with Crippen LogP contribution in [0, 0.1) is 11.8 Å². The van der Waals surface area contributed by atoms with Gasteiger partial charge in [-0.05, 0) is 56.7 Å². The van der Waals surface area contributed by atoms with Gasteiger partial charge in [0.2, 0.25) is 0 Å². The molecule has 0 aromatic heterocycles. The highest BCUT2D eigenvalue weighted by Gasteiger charge is 2.30. The zero-order valence-corrected chi connectivity index (χ0v) is 23.4. The quantitative estimate of drug-likeness (QED) is 0.196. The zero-order chi connectivity index (χ0) is 29.2. The Labute approximate surface area is 223 Å². The van der Waals surface area contributed by atoms with Gasteiger partial charge >= 0.3 is 24.2 Å². The maximum Gasteiger partial charge on any atom is 0.514 e. The number of carboxylic acid groups (broad SMARTS) is 1. The topological polar surface area (TPSA) is 161 Å². The number of carboxylic acids is 1. The monoisotopic (exact) mass is 539 g/mol. The maximum atomic E-state index is 12.5. The van der Waals surface area contributed by atoms with Crippen molar-refractivity contribution in [1.29, 1.82) is 0 Å². The Bertz CT molecular complexity index is 961. The first-order valence-corrected chi connectivity index (χ1v) is 12.7. The Balaban J connectivity index is 3.39. The van der Waals surface area contributed by atoms with Crippen molar-refractivity contribution in [1.82, 2.24) is 0 Å². The van der Waals surface area contributed by atoms with Gasteiger partial charge in [0.15, 0.2) is 11.5 Å². The molecule has 0 spiro atoms. The first-order valence-electron chi connectivity index (χ1n) is 12.7. The SMILES string of the molecule is CCC(=O)OC(C)CC(c1ccc(OC(=O)OC(C)C(C)C)c(OC(=O)OC(C)C(C)C)c1)[C@H](N)C(=O)O. The minimum atomic E-state index is -1.37. The van der Waals surface area contributed by atoms with E-state index in [2.05, 4.69) is 0 Å². The van der Waals surface area contributed by atoms with Gasteiger partial charge < -0.3 is 34.5 Å².